The van der Waals surface area contributed by atoms with Crippen molar-refractivity contribution in [2.24, 2.45) is 0 Å². The second kappa shape index (κ2) is 6.26. The van der Waals surface area contributed by atoms with Crippen molar-refractivity contribution in [3.05, 3.63) is 28.8 Å². The molecule has 5 heteroatoms. The van der Waals surface area contributed by atoms with Gasteiger partial charge in [0.1, 0.15) is 5.75 Å². The van der Waals surface area contributed by atoms with Crippen molar-refractivity contribution in [1.82, 2.24) is 0 Å². The van der Waals surface area contributed by atoms with Crippen LogP contribution >= 0.6 is 27.5 Å². The van der Waals surface area contributed by atoms with E-state index >= 15 is 0 Å². The maximum Gasteiger partial charge on any atom is 0.346 e. The van der Waals surface area contributed by atoms with Gasteiger partial charge in [0, 0.05) is 9.85 Å². The fraction of sp³-hybridized carbons (Fsp3) is 0.417. The van der Waals surface area contributed by atoms with E-state index in [0.29, 0.717) is 10.8 Å². The highest BCUT2D eigenvalue weighted by atomic mass is 79.9. The topological polar surface area (TPSA) is 35.5 Å². The SMILES string of the molecule is COC(=O)[C@@H](C)Oc1ccc(Cl)c(C(C)Br)c1. The molecule has 0 aliphatic heterocycles. The molecule has 0 fully saturated rings. The highest BCUT2D eigenvalue weighted by Gasteiger charge is 2.16. The lowest BCUT2D eigenvalue weighted by Crippen LogP contribution is -2.24. The average Bonchev–Trinajstić information content (AvgIpc) is 2.30. The number of ether oxygens (including phenoxy) is 2. The van der Waals surface area contributed by atoms with Gasteiger partial charge in [-0.15, -0.1) is 0 Å². The van der Waals surface area contributed by atoms with E-state index in [0.717, 1.165) is 5.56 Å². The Hall–Kier alpha value is -0.740. The fourth-order valence-electron chi connectivity index (χ4n) is 1.32. The predicted molar refractivity (Wildman–Crippen MR) is 70.9 cm³/mol. The Labute approximate surface area is 114 Å². The van der Waals surface area contributed by atoms with Crippen molar-refractivity contribution >= 4 is 33.5 Å². The van der Waals surface area contributed by atoms with Gasteiger partial charge in [-0.05, 0) is 37.6 Å². The first-order valence-corrected chi connectivity index (χ1v) is 6.43. The second-order valence-corrected chi connectivity index (χ2v) is 5.36. The zero-order valence-electron chi connectivity index (χ0n) is 9.87. The van der Waals surface area contributed by atoms with E-state index < -0.39 is 12.1 Å². The van der Waals surface area contributed by atoms with Crippen LogP contribution in [-0.4, -0.2) is 19.2 Å². The molecular weight excluding hydrogens is 307 g/mol. The lowest BCUT2D eigenvalue weighted by atomic mass is 10.1. The Balaban J connectivity index is 2.86. The number of benzene rings is 1. The molecule has 0 aliphatic carbocycles. The number of rotatable bonds is 4. The van der Waals surface area contributed by atoms with Crippen LogP contribution in [-0.2, 0) is 9.53 Å². The molecule has 0 aliphatic rings. The molecule has 1 aromatic rings. The summed E-state index contributed by atoms with van der Waals surface area (Å²) in [6.45, 7) is 3.60. The lowest BCUT2D eigenvalue weighted by molar-refractivity contribution is -0.147. The molecule has 0 aromatic heterocycles. The number of methoxy groups -OCH3 is 1. The molecule has 0 saturated heterocycles. The molecule has 1 rings (SSSR count). The van der Waals surface area contributed by atoms with Crippen molar-refractivity contribution in [3.8, 4) is 5.75 Å². The lowest BCUT2D eigenvalue weighted by Gasteiger charge is -2.14. The van der Waals surface area contributed by atoms with E-state index in [1.807, 2.05) is 6.92 Å². The molecule has 17 heavy (non-hydrogen) atoms. The van der Waals surface area contributed by atoms with Gasteiger partial charge in [-0.2, -0.15) is 0 Å². The van der Waals surface area contributed by atoms with Crippen molar-refractivity contribution < 1.29 is 14.3 Å². The Morgan fingerprint density at radius 1 is 1.41 bits per heavy atom. The second-order valence-electron chi connectivity index (χ2n) is 3.58. The van der Waals surface area contributed by atoms with Crippen LogP contribution in [0.25, 0.3) is 0 Å². The summed E-state index contributed by atoms with van der Waals surface area (Å²) in [6, 6.07) is 5.27. The third-order valence-electron chi connectivity index (χ3n) is 2.24. The number of esters is 1. The summed E-state index contributed by atoms with van der Waals surface area (Å²) in [6.07, 6.45) is -0.639. The number of halogens is 2. The largest absolute Gasteiger partial charge is 0.479 e. The van der Waals surface area contributed by atoms with Crippen LogP contribution in [0, 0.1) is 0 Å². The van der Waals surface area contributed by atoms with Crippen molar-refractivity contribution in [3.63, 3.8) is 0 Å². The maximum atomic E-state index is 11.2. The summed E-state index contributed by atoms with van der Waals surface area (Å²) < 4.78 is 10.0. The highest BCUT2D eigenvalue weighted by Crippen LogP contribution is 2.32. The van der Waals surface area contributed by atoms with E-state index in [4.69, 9.17) is 16.3 Å². The smallest absolute Gasteiger partial charge is 0.346 e. The van der Waals surface area contributed by atoms with E-state index in [1.54, 1.807) is 25.1 Å². The Morgan fingerprint density at radius 2 is 2.06 bits per heavy atom. The van der Waals surface area contributed by atoms with Gasteiger partial charge in [-0.1, -0.05) is 27.5 Å². The monoisotopic (exact) mass is 320 g/mol. The van der Waals surface area contributed by atoms with Gasteiger partial charge in [0.05, 0.1) is 7.11 Å². The predicted octanol–water partition coefficient (Wildman–Crippen LogP) is 3.74. The van der Waals surface area contributed by atoms with Crippen LogP contribution in [0.15, 0.2) is 18.2 Å². The zero-order chi connectivity index (χ0) is 13.0. The van der Waals surface area contributed by atoms with E-state index in [2.05, 4.69) is 20.7 Å². The highest BCUT2D eigenvalue weighted by molar-refractivity contribution is 9.09. The third-order valence-corrected chi connectivity index (χ3v) is 3.08. The minimum Gasteiger partial charge on any atom is -0.479 e. The molecule has 3 nitrogen and oxygen atoms in total. The standard InChI is InChI=1S/C12H14BrClO3/c1-7(13)10-6-9(4-5-11(10)14)17-8(2)12(15)16-3/h4-8H,1-3H3/t7?,8-/m1/s1. The van der Waals surface area contributed by atoms with E-state index in [1.165, 1.54) is 7.11 Å². The Morgan fingerprint density at radius 3 is 2.59 bits per heavy atom. The van der Waals surface area contributed by atoms with E-state index in [9.17, 15) is 4.79 Å². The molecule has 94 valence electrons. The van der Waals surface area contributed by atoms with Crippen LogP contribution in [0.2, 0.25) is 5.02 Å². The first kappa shape index (κ1) is 14.3. The molecule has 1 aromatic carbocycles. The normalized spacial score (nSPS) is 13.9. The molecule has 0 bridgehead atoms. The van der Waals surface area contributed by atoms with Crippen LogP contribution in [0.3, 0.4) is 0 Å². The first-order chi connectivity index (χ1) is 7.95. The summed E-state index contributed by atoms with van der Waals surface area (Å²) >= 11 is 9.49. The van der Waals surface area contributed by atoms with Gasteiger partial charge in [0.15, 0.2) is 6.10 Å². The summed E-state index contributed by atoms with van der Waals surface area (Å²) in [4.78, 5) is 11.3. The molecule has 2 atom stereocenters. The summed E-state index contributed by atoms with van der Waals surface area (Å²) in [5.74, 6) is 0.182. The zero-order valence-corrected chi connectivity index (χ0v) is 12.2. The first-order valence-electron chi connectivity index (χ1n) is 5.13. The molecule has 0 heterocycles. The summed E-state index contributed by atoms with van der Waals surface area (Å²) in [5.41, 5.74) is 0.918. The summed E-state index contributed by atoms with van der Waals surface area (Å²) in [7, 11) is 1.33. The van der Waals surface area contributed by atoms with Crippen molar-refractivity contribution in [2.75, 3.05) is 7.11 Å². The van der Waals surface area contributed by atoms with Crippen LogP contribution < -0.4 is 4.74 Å². The molecule has 0 N–H and O–H groups in total. The number of hydrogen-bond donors (Lipinski definition) is 0. The fourth-order valence-corrected chi connectivity index (χ4v) is 2.11. The molecule has 0 radical (unpaired) electrons. The van der Waals surface area contributed by atoms with Gasteiger partial charge in [-0.25, -0.2) is 4.79 Å². The molecule has 1 unspecified atom stereocenters. The van der Waals surface area contributed by atoms with Gasteiger partial charge in [-0.3, -0.25) is 0 Å². The van der Waals surface area contributed by atoms with E-state index in [-0.39, 0.29) is 4.83 Å². The number of hydrogen-bond acceptors (Lipinski definition) is 3. The van der Waals surface area contributed by atoms with Gasteiger partial charge in [0.2, 0.25) is 0 Å². The molecule has 0 saturated carbocycles. The van der Waals surface area contributed by atoms with Crippen molar-refractivity contribution in [2.45, 2.75) is 24.8 Å². The Kier molecular flexibility index (Phi) is 5.28. The van der Waals surface area contributed by atoms with Crippen LogP contribution in [0.1, 0.15) is 24.2 Å². The number of alkyl halides is 1. The van der Waals surface area contributed by atoms with Gasteiger partial charge >= 0.3 is 5.97 Å². The Bertz CT molecular complexity index is 407. The van der Waals surface area contributed by atoms with Gasteiger partial charge < -0.3 is 9.47 Å². The average molecular weight is 322 g/mol. The minimum absolute atomic E-state index is 0.118. The minimum atomic E-state index is -0.639. The summed E-state index contributed by atoms with van der Waals surface area (Å²) in [5, 5.41) is 0.660. The van der Waals surface area contributed by atoms with Crippen molar-refractivity contribution in [1.29, 1.82) is 0 Å². The van der Waals surface area contributed by atoms with Gasteiger partial charge in [0.25, 0.3) is 0 Å². The molecule has 0 amide bonds. The third kappa shape index (κ3) is 3.89. The number of carbonyl (C=O) groups is 1. The quantitative estimate of drug-likeness (QED) is 0.626. The molecule has 0 spiro atoms. The van der Waals surface area contributed by atoms with Crippen LogP contribution in [0.4, 0.5) is 0 Å². The molecular formula is C12H14BrClO3. The number of carbonyl (C=O) groups excluding carboxylic acids is 1. The van der Waals surface area contributed by atoms with Crippen LogP contribution in [0.5, 0.6) is 5.75 Å². The maximum absolute atomic E-state index is 11.2.